The molecule has 1 saturated carbocycles. The quantitative estimate of drug-likeness (QED) is 0.813. The Morgan fingerprint density at radius 1 is 1.43 bits per heavy atom. The number of carbonyl (C=O) groups excluding carboxylic acids is 1. The molecule has 0 aromatic carbocycles. The summed E-state index contributed by atoms with van der Waals surface area (Å²) in [5.41, 5.74) is 1.69. The Morgan fingerprint density at radius 2 is 2.21 bits per heavy atom. The predicted octanol–water partition coefficient (Wildman–Crippen LogP) is 2.21. The lowest BCUT2D eigenvalue weighted by atomic mass is 9.95. The first-order chi connectivity index (χ1) is 6.86. The van der Waals surface area contributed by atoms with E-state index in [9.17, 15) is 4.79 Å². The molecule has 0 aliphatic heterocycles. The number of nitrogens with zero attached hydrogens (tertiary/aromatic N) is 1. The molecule has 1 amide bonds. The van der Waals surface area contributed by atoms with Crippen molar-refractivity contribution in [2.75, 3.05) is 0 Å². The lowest BCUT2D eigenvalue weighted by molar-refractivity contribution is 0.0931. The highest BCUT2D eigenvalue weighted by molar-refractivity contribution is 7.11. The van der Waals surface area contributed by atoms with E-state index in [1.54, 1.807) is 11.7 Å². The average Bonchev–Trinajstić information content (AvgIpc) is 2.72. The largest absolute Gasteiger partial charge is 0.349 e. The van der Waals surface area contributed by atoms with Crippen molar-refractivity contribution in [1.29, 1.82) is 0 Å². The van der Waals surface area contributed by atoms with Gasteiger partial charge in [0.2, 0.25) is 0 Å². The molecular weight excluding hydrogens is 196 g/mol. The van der Waals surface area contributed by atoms with E-state index in [1.165, 1.54) is 30.6 Å². The summed E-state index contributed by atoms with van der Waals surface area (Å²) in [7, 11) is 0. The third-order valence-electron chi connectivity index (χ3n) is 2.60. The molecule has 1 N–H and O–H groups in total. The molecule has 76 valence electrons. The van der Waals surface area contributed by atoms with Crippen molar-refractivity contribution >= 4 is 17.2 Å². The van der Waals surface area contributed by atoms with Crippen molar-refractivity contribution in [3.05, 3.63) is 16.6 Å². The maximum Gasteiger partial charge on any atom is 0.263 e. The molecule has 3 nitrogen and oxygen atoms in total. The average molecular weight is 210 g/mol. The molecule has 0 spiro atoms. The van der Waals surface area contributed by atoms with Crippen LogP contribution in [0.2, 0.25) is 0 Å². The molecule has 1 aliphatic carbocycles. The minimum absolute atomic E-state index is 0.0411. The highest BCUT2D eigenvalue weighted by atomic mass is 32.1. The zero-order valence-electron chi connectivity index (χ0n) is 8.03. The minimum Gasteiger partial charge on any atom is -0.349 e. The summed E-state index contributed by atoms with van der Waals surface area (Å²) in [6, 6.07) is 0.387. The van der Waals surface area contributed by atoms with Gasteiger partial charge < -0.3 is 5.32 Å². The minimum atomic E-state index is 0.0411. The highest BCUT2D eigenvalue weighted by Crippen LogP contribution is 2.18. The number of aromatic nitrogens is 1. The molecule has 2 rings (SSSR count). The first-order valence-corrected chi connectivity index (χ1v) is 5.93. The molecule has 0 radical (unpaired) electrons. The molecule has 0 unspecified atom stereocenters. The van der Waals surface area contributed by atoms with E-state index in [4.69, 9.17) is 0 Å². The molecule has 1 aromatic heterocycles. The number of hydrogen-bond acceptors (Lipinski definition) is 3. The fourth-order valence-electron chi connectivity index (χ4n) is 1.83. The molecule has 0 atom stereocenters. The standard InChI is InChI=1S/C10H14N2OS/c13-10(9-6-11-7-14-9)12-8-4-2-1-3-5-8/h6-8H,1-5H2,(H,12,13). The van der Waals surface area contributed by atoms with Gasteiger partial charge in [-0.3, -0.25) is 9.78 Å². The summed E-state index contributed by atoms with van der Waals surface area (Å²) in [5.74, 6) is 0.0411. The maximum absolute atomic E-state index is 11.6. The van der Waals surface area contributed by atoms with Gasteiger partial charge in [0, 0.05) is 6.04 Å². The van der Waals surface area contributed by atoms with Gasteiger partial charge in [0.25, 0.3) is 5.91 Å². The van der Waals surface area contributed by atoms with Gasteiger partial charge in [-0.25, -0.2) is 0 Å². The van der Waals surface area contributed by atoms with Crippen molar-refractivity contribution < 1.29 is 4.79 Å². The van der Waals surface area contributed by atoms with Crippen LogP contribution in [0.25, 0.3) is 0 Å². The van der Waals surface area contributed by atoms with E-state index in [2.05, 4.69) is 10.3 Å². The molecule has 0 saturated heterocycles. The van der Waals surface area contributed by atoms with E-state index in [0.29, 0.717) is 6.04 Å². The Kier molecular flexibility index (Phi) is 3.14. The lowest BCUT2D eigenvalue weighted by Gasteiger charge is -2.22. The second kappa shape index (κ2) is 4.55. The second-order valence-electron chi connectivity index (χ2n) is 3.67. The number of rotatable bonds is 2. The van der Waals surface area contributed by atoms with Gasteiger partial charge in [0.15, 0.2) is 0 Å². The number of amides is 1. The van der Waals surface area contributed by atoms with Crippen LogP contribution in [-0.4, -0.2) is 16.9 Å². The van der Waals surface area contributed by atoms with E-state index in [0.717, 1.165) is 17.7 Å². The van der Waals surface area contributed by atoms with Crippen LogP contribution < -0.4 is 5.32 Å². The van der Waals surface area contributed by atoms with Crippen molar-refractivity contribution in [2.24, 2.45) is 0 Å². The van der Waals surface area contributed by atoms with E-state index < -0.39 is 0 Å². The number of hydrogen-bond donors (Lipinski definition) is 1. The Labute approximate surface area is 87.6 Å². The van der Waals surface area contributed by atoms with Gasteiger partial charge in [-0.1, -0.05) is 19.3 Å². The molecule has 1 fully saturated rings. The summed E-state index contributed by atoms with van der Waals surface area (Å²) in [6.45, 7) is 0. The Balaban J connectivity index is 1.87. The Hall–Kier alpha value is -0.900. The van der Waals surface area contributed by atoms with Gasteiger partial charge in [-0.05, 0) is 12.8 Å². The SMILES string of the molecule is O=C(NC1CCCCC1)c1cncs1. The fourth-order valence-corrected chi connectivity index (χ4v) is 2.35. The predicted molar refractivity (Wildman–Crippen MR) is 56.5 cm³/mol. The summed E-state index contributed by atoms with van der Waals surface area (Å²) >= 11 is 1.40. The number of carbonyl (C=O) groups is 1. The third kappa shape index (κ3) is 2.32. The molecule has 1 aliphatic rings. The van der Waals surface area contributed by atoms with Gasteiger partial charge in [0.1, 0.15) is 4.88 Å². The summed E-state index contributed by atoms with van der Waals surface area (Å²) < 4.78 is 0. The second-order valence-corrected chi connectivity index (χ2v) is 4.56. The molecule has 0 bridgehead atoms. The smallest absolute Gasteiger partial charge is 0.263 e. The third-order valence-corrected chi connectivity index (χ3v) is 3.37. The summed E-state index contributed by atoms with van der Waals surface area (Å²) in [4.78, 5) is 16.2. The highest BCUT2D eigenvalue weighted by Gasteiger charge is 2.16. The van der Waals surface area contributed by atoms with Gasteiger partial charge in [0.05, 0.1) is 11.7 Å². The van der Waals surface area contributed by atoms with Crippen LogP contribution >= 0.6 is 11.3 Å². The van der Waals surface area contributed by atoms with Crippen LogP contribution in [0.4, 0.5) is 0 Å². The normalized spacial score (nSPS) is 18.0. The first kappa shape index (κ1) is 9.65. The van der Waals surface area contributed by atoms with Gasteiger partial charge >= 0.3 is 0 Å². The van der Waals surface area contributed by atoms with Crippen molar-refractivity contribution in [1.82, 2.24) is 10.3 Å². The molecular formula is C10H14N2OS. The zero-order chi connectivity index (χ0) is 9.80. The lowest BCUT2D eigenvalue weighted by Crippen LogP contribution is -2.35. The molecule has 4 heteroatoms. The summed E-state index contributed by atoms with van der Waals surface area (Å²) in [6.07, 6.45) is 7.69. The molecule has 14 heavy (non-hydrogen) atoms. The van der Waals surface area contributed by atoms with E-state index >= 15 is 0 Å². The molecule has 1 aromatic rings. The number of thiazole rings is 1. The van der Waals surface area contributed by atoms with Crippen molar-refractivity contribution in [2.45, 2.75) is 38.1 Å². The summed E-state index contributed by atoms with van der Waals surface area (Å²) in [5, 5.41) is 3.05. The van der Waals surface area contributed by atoms with Crippen LogP contribution in [0.15, 0.2) is 11.7 Å². The Bertz CT molecular complexity index is 291. The Morgan fingerprint density at radius 3 is 2.86 bits per heavy atom. The maximum atomic E-state index is 11.6. The monoisotopic (exact) mass is 210 g/mol. The first-order valence-electron chi connectivity index (χ1n) is 5.05. The van der Waals surface area contributed by atoms with Crippen LogP contribution in [0.5, 0.6) is 0 Å². The van der Waals surface area contributed by atoms with Crippen LogP contribution in [-0.2, 0) is 0 Å². The van der Waals surface area contributed by atoms with Crippen molar-refractivity contribution in [3.63, 3.8) is 0 Å². The van der Waals surface area contributed by atoms with E-state index in [1.807, 2.05) is 0 Å². The van der Waals surface area contributed by atoms with E-state index in [-0.39, 0.29) is 5.91 Å². The zero-order valence-corrected chi connectivity index (χ0v) is 8.85. The molecule has 1 heterocycles. The topological polar surface area (TPSA) is 42.0 Å². The fraction of sp³-hybridized carbons (Fsp3) is 0.600. The number of nitrogens with one attached hydrogen (secondary N) is 1. The van der Waals surface area contributed by atoms with Gasteiger partial charge in [-0.15, -0.1) is 11.3 Å². The van der Waals surface area contributed by atoms with Crippen molar-refractivity contribution in [3.8, 4) is 0 Å². The van der Waals surface area contributed by atoms with Crippen LogP contribution in [0.1, 0.15) is 41.8 Å². The van der Waals surface area contributed by atoms with Gasteiger partial charge in [-0.2, -0.15) is 0 Å². The van der Waals surface area contributed by atoms with Crippen LogP contribution in [0, 0.1) is 0 Å². The van der Waals surface area contributed by atoms with Crippen LogP contribution in [0.3, 0.4) is 0 Å².